The first-order chi connectivity index (χ1) is 8.58. The molecule has 0 saturated heterocycles. The topological polar surface area (TPSA) is 61.6 Å². The Hall–Kier alpha value is -2.48. The van der Waals surface area contributed by atoms with Crippen molar-refractivity contribution in [2.45, 2.75) is 13.8 Å². The number of anilines is 2. The maximum atomic E-state index is 13.1. The van der Waals surface area contributed by atoms with Crippen LogP contribution in [0.2, 0.25) is 0 Å². The van der Waals surface area contributed by atoms with E-state index in [0.717, 1.165) is 5.56 Å². The van der Waals surface area contributed by atoms with E-state index in [4.69, 9.17) is 5.26 Å². The van der Waals surface area contributed by atoms with Crippen molar-refractivity contribution in [1.82, 2.24) is 9.97 Å². The average molecular weight is 242 g/mol. The minimum absolute atomic E-state index is 0.277. The molecule has 2 rings (SSSR count). The van der Waals surface area contributed by atoms with Crippen LogP contribution in [0.4, 0.5) is 16.0 Å². The van der Waals surface area contributed by atoms with Crippen molar-refractivity contribution in [3.8, 4) is 6.07 Å². The van der Waals surface area contributed by atoms with Gasteiger partial charge in [0.2, 0.25) is 5.95 Å². The molecule has 1 heterocycles. The molecule has 0 fully saturated rings. The van der Waals surface area contributed by atoms with Gasteiger partial charge in [-0.2, -0.15) is 5.26 Å². The third kappa shape index (κ3) is 2.61. The number of aryl methyl sites for hydroxylation is 2. The van der Waals surface area contributed by atoms with Gasteiger partial charge >= 0.3 is 0 Å². The van der Waals surface area contributed by atoms with E-state index in [9.17, 15) is 4.39 Å². The molecule has 0 radical (unpaired) electrons. The molecule has 90 valence electrons. The molecule has 0 unspecified atom stereocenters. The molecular weight excluding hydrogens is 231 g/mol. The number of hydrogen-bond acceptors (Lipinski definition) is 4. The molecule has 0 aliphatic heterocycles. The van der Waals surface area contributed by atoms with E-state index in [1.165, 1.54) is 12.1 Å². The Morgan fingerprint density at radius 1 is 1.22 bits per heavy atom. The Morgan fingerprint density at radius 2 is 2.00 bits per heavy atom. The molecule has 4 nitrogen and oxygen atoms in total. The van der Waals surface area contributed by atoms with Crippen LogP contribution in [-0.2, 0) is 0 Å². The minimum atomic E-state index is -0.337. The van der Waals surface area contributed by atoms with Gasteiger partial charge in [-0.3, -0.25) is 0 Å². The molecule has 2 aromatic rings. The van der Waals surface area contributed by atoms with Crippen LogP contribution < -0.4 is 5.32 Å². The summed E-state index contributed by atoms with van der Waals surface area (Å²) in [7, 11) is 0. The van der Waals surface area contributed by atoms with E-state index in [1.807, 2.05) is 13.0 Å². The summed E-state index contributed by atoms with van der Waals surface area (Å²) in [4.78, 5) is 8.16. The van der Waals surface area contributed by atoms with Crippen LogP contribution in [0.15, 0.2) is 24.3 Å². The lowest BCUT2D eigenvalue weighted by atomic mass is 10.2. The molecule has 0 spiro atoms. The number of nitrogens with one attached hydrogen (secondary N) is 1. The number of aromatic nitrogens is 2. The number of halogens is 1. The van der Waals surface area contributed by atoms with Gasteiger partial charge in [0.1, 0.15) is 17.6 Å². The lowest BCUT2D eigenvalue weighted by molar-refractivity contribution is 0.628. The van der Waals surface area contributed by atoms with Gasteiger partial charge in [-0.25, -0.2) is 14.4 Å². The van der Waals surface area contributed by atoms with Crippen LogP contribution in [0, 0.1) is 31.0 Å². The van der Waals surface area contributed by atoms with E-state index >= 15 is 0 Å². The van der Waals surface area contributed by atoms with E-state index in [1.54, 1.807) is 19.1 Å². The first kappa shape index (κ1) is 12.0. The number of rotatable bonds is 2. The van der Waals surface area contributed by atoms with Gasteiger partial charge < -0.3 is 5.32 Å². The lowest BCUT2D eigenvalue weighted by Crippen LogP contribution is -2.01. The van der Waals surface area contributed by atoms with Crippen LogP contribution in [0.25, 0.3) is 0 Å². The molecule has 18 heavy (non-hydrogen) atoms. The Morgan fingerprint density at radius 3 is 2.72 bits per heavy atom. The quantitative estimate of drug-likeness (QED) is 0.879. The van der Waals surface area contributed by atoms with Crippen molar-refractivity contribution >= 4 is 11.6 Å². The summed E-state index contributed by atoms with van der Waals surface area (Å²) in [6, 6.07) is 7.96. The summed E-state index contributed by atoms with van der Waals surface area (Å²) in [6.07, 6.45) is 0. The van der Waals surface area contributed by atoms with E-state index in [-0.39, 0.29) is 11.5 Å². The van der Waals surface area contributed by atoms with Crippen molar-refractivity contribution in [3.63, 3.8) is 0 Å². The molecule has 1 N–H and O–H groups in total. The number of hydrogen-bond donors (Lipinski definition) is 1. The fourth-order valence-corrected chi connectivity index (χ4v) is 1.53. The first-order valence-corrected chi connectivity index (χ1v) is 5.37. The summed E-state index contributed by atoms with van der Waals surface area (Å²) in [5.41, 5.74) is 2.42. The fourth-order valence-electron chi connectivity index (χ4n) is 1.53. The average Bonchev–Trinajstić information content (AvgIpc) is 2.33. The molecule has 1 aromatic heterocycles. The Labute approximate surface area is 104 Å². The second-order valence-electron chi connectivity index (χ2n) is 3.91. The van der Waals surface area contributed by atoms with E-state index in [0.29, 0.717) is 17.3 Å². The zero-order valence-electron chi connectivity index (χ0n) is 10.0. The van der Waals surface area contributed by atoms with Gasteiger partial charge in [-0.05, 0) is 37.6 Å². The van der Waals surface area contributed by atoms with Gasteiger partial charge in [-0.15, -0.1) is 0 Å². The summed E-state index contributed by atoms with van der Waals surface area (Å²) in [6.45, 7) is 3.62. The third-order valence-corrected chi connectivity index (χ3v) is 2.41. The summed E-state index contributed by atoms with van der Waals surface area (Å²) >= 11 is 0. The SMILES string of the molecule is Cc1cc(C#N)nc(Nc2cc(F)ccc2C)n1. The van der Waals surface area contributed by atoms with Crippen molar-refractivity contribution in [2.75, 3.05) is 5.32 Å². The molecule has 0 atom stereocenters. The maximum Gasteiger partial charge on any atom is 0.228 e. The van der Waals surface area contributed by atoms with Gasteiger partial charge in [-0.1, -0.05) is 6.07 Å². The van der Waals surface area contributed by atoms with Crippen molar-refractivity contribution < 1.29 is 4.39 Å². The van der Waals surface area contributed by atoms with Crippen LogP contribution in [-0.4, -0.2) is 9.97 Å². The second kappa shape index (κ2) is 4.80. The molecule has 1 aromatic carbocycles. The highest BCUT2D eigenvalue weighted by atomic mass is 19.1. The standard InChI is InChI=1S/C13H11FN4/c1-8-3-4-10(14)6-12(8)18-13-16-9(2)5-11(7-15)17-13/h3-6H,1-2H3,(H,16,17,18). The van der Waals surface area contributed by atoms with Gasteiger partial charge in [0.05, 0.1) is 0 Å². The fraction of sp³-hybridized carbons (Fsp3) is 0.154. The second-order valence-corrected chi connectivity index (χ2v) is 3.91. The highest BCUT2D eigenvalue weighted by Crippen LogP contribution is 2.19. The van der Waals surface area contributed by atoms with Gasteiger partial charge in [0, 0.05) is 11.4 Å². The Bertz CT molecular complexity index is 631. The van der Waals surface area contributed by atoms with Crippen molar-refractivity contribution in [3.05, 3.63) is 47.0 Å². The highest BCUT2D eigenvalue weighted by molar-refractivity contribution is 5.58. The Kier molecular flexibility index (Phi) is 3.20. The molecular formula is C13H11FN4. The summed E-state index contributed by atoms with van der Waals surface area (Å²) in [5.74, 6) is -0.0449. The van der Waals surface area contributed by atoms with Gasteiger partial charge in [0.25, 0.3) is 0 Å². The molecule has 5 heteroatoms. The predicted octanol–water partition coefficient (Wildman–Crippen LogP) is 2.85. The third-order valence-electron chi connectivity index (χ3n) is 2.41. The number of nitriles is 1. The monoisotopic (exact) mass is 242 g/mol. The number of nitrogens with zero attached hydrogens (tertiary/aromatic N) is 3. The minimum Gasteiger partial charge on any atom is -0.324 e. The molecule has 0 saturated carbocycles. The van der Waals surface area contributed by atoms with Crippen LogP contribution in [0.3, 0.4) is 0 Å². The lowest BCUT2D eigenvalue weighted by Gasteiger charge is -2.08. The molecule has 0 aliphatic rings. The van der Waals surface area contributed by atoms with Gasteiger partial charge in [0.15, 0.2) is 0 Å². The zero-order chi connectivity index (χ0) is 13.1. The molecule has 0 aliphatic carbocycles. The Balaban J connectivity index is 2.37. The highest BCUT2D eigenvalue weighted by Gasteiger charge is 2.05. The van der Waals surface area contributed by atoms with Crippen LogP contribution in [0.1, 0.15) is 17.0 Å². The maximum absolute atomic E-state index is 13.1. The molecule has 0 amide bonds. The first-order valence-electron chi connectivity index (χ1n) is 5.37. The van der Waals surface area contributed by atoms with E-state index in [2.05, 4.69) is 15.3 Å². The van der Waals surface area contributed by atoms with E-state index < -0.39 is 0 Å². The normalized spacial score (nSPS) is 9.89. The molecule has 0 bridgehead atoms. The summed E-state index contributed by atoms with van der Waals surface area (Å²) < 4.78 is 13.1. The van der Waals surface area contributed by atoms with Crippen LogP contribution in [0.5, 0.6) is 0 Å². The smallest absolute Gasteiger partial charge is 0.228 e. The number of benzene rings is 1. The van der Waals surface area contributed by atoms with Crippen molar-refractivity contribution in [1.29, 1.82) is 5.26 Å². The zero-order valence-corrected chi connectivity index (χ0v) is 10.0. The predicted molar refractivity (Wildman–Crippen MR) is 65.9 cm³/mol. The largest absolute Gasteiger partial charge is 0.324 e. The summed E-state index contributed by atoms with van der Waals surface area (Å²) in [5, 5.41) is 11.7. The van der Waals surface area contributed by atoms with Crippen molar-refractivity contribution in [2.24, 2.45) is 0 Å². The van der Waals surface area contributed by atoms with Crippen LogP contribution >= 0.6 is 0 Å².